The minimum absolute atomic E-state index is 0.0645. The Kier molecular flexibility index (Phi) is 4.33. The number of nitrogens with zero attached hydrogens (tertiary/aromatic N) is 5. The van der Waals surface area contributed by atoms with E-state index in [9.17, 15) is 4.79 Å². The molecular weight excluding hydrogens is 280 g/mol. The molecule has 2 aromatic heterocycles. The Labute approximate surface area is 129 Å². The number of hydrogen-bond donors (Lipinski definition) is 1. The van der Waals surface area contributed by atoms with E-state index in [2.05, 4.69) is 31.9 Å². The molecule has 2 aromatic rings. The summed E-state index contributed by atoms with van der Waals surface area (Å²) in [6, 6.07) is 1.63. The van der Waals surface area contributed by atoms with Crippen LogP contribution in [-0.2, 0) is 13.1 Å². The molecule has 1 N–H and O–H groups in total. The average molecular weight is 302 g/mol. The Morgan fingerprint density at radius 2 is 2.32 bits per heavy atom. The first-order valence-electron chi connectivity index (χ1n) is 7.82. The number of aryl methyl sites for hydroxylation is 2. The minimum atomic E-state index is -0.0645. The monoisotopic (exact) mass is 302 g/mol. The summed E-state index contributed by atoms with van der Waals surface area (Å²) >= 11 is 0. The largest absolute Gasteiger partial charge is 0.311 e. The Bertz CT molecular complexity index is 691. The van der Waals surface area contributed by atoms with Crippen LogP contribution in [-0.4, -0.2) is 42.7 Å². The summed E-state index contributed by atoms with van der Waals surface area (Å²) in [6.07, 6.45) is 3.80. The van der Waals surface area contributed by atoms with Gasteiger partial charge in [0.25, 0.3) is 5.56 Å². The number of aromatic amines is 1. The molecule has 1 atom stereocenters. The van der Waals surface area contributed by atoms with Crippen molar-refractivity contribution in [1.82, 2.24) is 29.6 Å². The number of likely N-dealkylation sites (tertiary alicyclic amines) is 1. The summed E-state index contributed by atoms with van der Waals surface area (Å²) in [6.45, 7) is 7.49. The lowest BCUT2D eigenvalue weighted by atomic mass is 9.94. The number of H-pyrrole nitrogens is 1. The van der Waals surface area contributed by atoms with Gasteiger partial charge in [-0.3, -0.25) is 9.69 Å². The van der Waals surface area contributed by atoms with Gasteiger partial charge in [0, 0.05) is 25.1 Å². The molecule has 0 aliphatic carbocycles. The summed E-state index contributed by atoms with van der Waals surface area (Å²) in [5, 5.41) is 4.22. The fourth-order valence-electron chi connectivity index (χ4n) is 3.13. The average Bonchev–Trinajstić information content (AvgIpc) is 2.94. The van der Waals surface area contributed by atoms with Crippen molar-refractivity contribution in [3.63, 3.8) is 0 Å². The molecule has 0 aromatic carbocycles. The molecule has 7 nitrogen and oxygen atoms in total. The normalized spacial score (nSPS) is 19.5. The van der Waals surface area contributed by atoms with Gasteiger partial charge in [-0.05, 0) is 33.2 Å². The number of piperidine rings is 1. The fourth-order valence-corrected chi connectivity index (χ4v) is 3.13. The quantitative estimate of drug-likeness (QED) is 0.914. The van der Waals surface area contributed by atoms with Gasteiger partial charge in [-0.15, -0.1) is 0 Å². The molecule has 0 spiro atoms. The van der Waals surface area contributed by atoms with Crippen LogP contribution in [0.2, 0.25) is 0 Å². The number of hydrogen-bond acceptors (Lipinski definition) is 5. The number of nitrogens with one attached hydrogen (secondary N) is 1. The zero-order valence-electron chi connectivity index (χ0n) is 13.1. The molecule has 7 heteroatoms. The molecule has 3 rings (SSSR count). The summed E-state index contributed by atoms with van der Waals surface area (Å²) in [5.74, 6) is 2.00. The molecule has 1 aliphatic heterocycles. The third kappa shape index (κ3) is 3.24. The summed E-state index contributed by atoms with van der Waals surface area (Å²) in [5.41, 5.74) is 0.841. The van der Waals surface area contributed by atoms with Crippen LogP contribution in [0.4, 0.5) is 0 Å². The standard InChI is InChI=1S/C15H22N6O/c1-3-21-14(16-10-17-21)9-20-6-4-5-12(8-20)13-7-15(22)19-11(2)18-13/h7,10,12H,3-6,8-9H2,1-2H3,(H,18,19,22). The third-order valence-electron chi connectivity index (χ3n) is 4.16. The van der Waals surface area contributed by atoms with Crippen LogP contribution >= 0.6 is 0 Å². The van der Waals surface area contributed by atoms with E-state index >= 15 is 0 Å². The van der Waals surface area contributed by atoms with Gasteiger partial charge in [0.1, 0.15) is 18.0 Å². The van der Waals surface area contributed by atoms with Crippen molar-refractivity contribution in [3.8, 4) is 0 Å². The summed E-state index contributed by atoms with van der Waals surface area (Å²) in [4.78, 5) is 25.6. The molecule has 1 unspecified atom stereocenters. The van der Waals surface area contributed by atoms with E-state index in [1.165, 1.54) is 0 Å². The lowest BCUT2D eigenvalue weighted by molar-refractivity contribution is 0.191. The lowest BCUT2D eigenvalue weighted by Gasteiger charge is -2.32. The Balaban J connectivity index is 1.72. The van der Waals surface area contributed by atoms with Crippen LogP contribution in [0.3, 0.4) is 0 Å². The first-order chi connectivity index (χ1) is 10.7. The van der Waals surface area contributed by atoms with Gasteiger partial charge in [-0.25, -0.2) is 14.6 Å². The summed E-state index contributed by atoms with van der Waals surface area (Å²) < 4.78 is 1.93. The van der Waals surface area contributed by atoms with Gasteiger partial charge in [-0.1, -0.05) is 0 Å². The molecule has 0 bridgehead atoms. The highest BCUT2D eigenvalue weighted by atomic mass is 16.1. The molecule has 118 valence electrons. The van der Waals surface area contributed by atoms with E-state index < -0.39 is 0 Å². The predicted molar refractivity (Wildman–Crippen MR) is 82.5 cm³/mol. The maximum Gasteiger partial charge on any atom is 0.251 e. The highest BCUT2D eigenvalue weighted by molar-refractivity contribution is 5.10. The van der Waals surface area contributed by atoms with Crippen molar-refractivity contribution in [3.05, 3.63) is 40.1 Å². The molecule has 22 heavy (non-hydrogen) atoms. The van der Waals surface area contributed by atoms with Crippen LogP contribution in [0.5, 0.6) is 0 Å². The first kappa shape index (κ1) is 14.9. The van der Waals surface area contributed by atoms with Crippen molar-refractivity contribution in [2.45, 2.75) is 45.7 Å². The van der Waals surface area contributed by atoms with Crippen LogP contribution in [0.15, 0.2) is 17.2 Å². The molecular formula is C15H22N6O. The zero-order valence-corrected chi connectivity index (χ0v) is 13.1. The van der Waals surface area contributed by atoms with E-state index in [1.807, 2.05) is 11.6 Å². The van der Waals surface area contributed by atoms with Crippen LogP contribution in [0.1, 0.15) is 43.0 Å². The van der Waals surface area contributed by atoms with Gasteiger partial charge in [-0.2, -0.15) is 5.10 Å². The van der Waals surface area contributed by atoms with Gasteiger partial charge < -0.3 is 4.98 Å². The molecule has 0 radical (unpaired) electrons. The smallest absolute Gasteiger partial charge is 0.251 e. The summed E-state index contributed by atoms with van der Waals surface area (Å²) in [7, 11) is 0. The predicted octanol–water partition coefficient (Wildman–Crippen LogP) is 1.07. The van der Waals surface area contributed by atoms with Crippen LogP contribution in [0, 0.1) is 6.92 Å². The van der Waals surface area contributed by atoms with E-state index in [1.54, 1.807) is 12.4 Å². The van der Waals surface area contributed by atoms with Crippen molar-refractivity contribution in [1.29, 1.82) is 0 Å². The SMILES string of the molecule is CCn1ncnc1CN1CCCC(c2cc(=O)[nH]c(C)n2)C1. The molecule has 0 amide bonds. The van der Waals surface area contributed by atoms with Crippen LogP contribution in [0.25, 0.3) is 0 Å². The first-order valence-corrected chi connectivity index (χ1v) is 7.82. The molecule has 3 heterocycles. The molecule has 1 saturated heterocycles. The Morgan fingerprint density at radius 3 is 3.09 bits per heavy atom. The maximum absolute atomic E-state index is 11.6. The van der Waals surface area contributed by atoms with Crippen molar-refractivity contribution in [2.24, 2.45) is 0 Å². The van der Waals surface area contributed by atoms with Crippen molar-refractivity contribution < 1.29 is 0 Å². The number of aromatic nitrogens is 5. The highest BCUT2D eigenvalue weighted by Crippen LogP contribution is 2.25. The zero-order chi connectivity index (χ0) is 15.5. The van der Waals surface area contributed by atoms with Gasteiger partial charge in [0.15, 0.2) is 0 Å². The molecule has 0 saturated carbocycles. The van der Waals surface area contributed by atoms with Crippen molar-refractivity contribution in [2.75, 3.05) is 13.1 Å². The van der Waals surface area contributed by atoms with Gasteiger partial charge in [0.2, 0.25) is 0 Å². The Hall–Kier alpha value is -2.02. The second-order valence-corrected chi connectivity index (χ2v) is 5.82. The van der Waals surface area contributed by atoms with Gasteiger partial charge >= 0.3 is 0 Å². The second-order valence-electron chi connectivity index (χ2n) is 5.82. The number of rotatable bonds is 4. The van der Waals surface area contributed by atoms with Gasteiger partial charge in [0.05, 0.1) is 12.2 Å². The molecule has 1 fully saturated rings. The topological polar surface area (TPSA) is 79.7 Å². The van der Waals surface area contributed by atoms with E-state index in [4.69, 9.17) is 0 Å². The lowest BCUT2D eigenvalue weighted by Crippen LogP contribution is -2.35. The highest BCUT2D eigenvalue weighted by Gasteiger charge is 2.24. The van der Waals surface area contributed by atoms with E-state index in [0.717, 1.165) is 50.5 Å². The second kappa shape index (κ2) is 6.39. The Morgan fingerprint density at radius 1 is 1.45 bits per heavy atom. The van der Waals surface area contributed by atoms with E-state index in [0.29, 0.717) is 11.7 Å². The minimum Gasteiger partial charge on any atom is -0.311 e. The fraction of sp³-hybridized carbons (Fsp3) is 0.600. The molecule has 1 aliphatic rings. The third-order valence-corrected chi connectivity index (χ3v) is 4.16. The van der Waals surface area contributed by atoms with Crippen LogP contribution < -0.4 is 5.56 Å². The van der Waals surface area contributed by atoms with E-state index in [-0.39, 0.29) is 5.56 Å². The maximum atomic E-state index is 11.6. The van der Waals surface area contributed by atoms with Crippen molar-refractivity contribution >= 4 is 0 Å².